The van der Waals surface area contributed by atoms with Crippen LogP contribution in [0.25, 0.3) is 0 Å². The molecule has 0 saturated heterocycles. The van der Waals surface area contributed by atoms with Gasteiger partial charge in [0.2, 0.25) is 0 Å². The Hall–Kier alpha value is -0.0813. The van der Waals surface area contributed by atoms with E-state index in [1.54, 1.807) is 0 Å². The van der Waals surface area contributed by atoms with Crippen molar-refractivity contribution in [2.45, 2.75) is 136 Å². The van der Waals surface area contributed by atoms with E-state index in [1.807, 2.05) is 31.2 Å². The molecule has 3 nitrogen and oxygen atoms in total. The van der Waals surface area contributed by atoms with Crippen LogP contribution in [-0.2, 0) is 4.74 Å². The third-order valence-electron chi connectivity index (χ3n) is 7.53. The Morgan fingerprint density at radius 3 is 1.92 bits per heavy atom. The molecule has 0 heterocycles. The summed E-state index contributed by atoms with van der Waals surface area (Å²) >= 11 is -0.147. The Balaban J connectivity index is 2.29. The SMILES string of the molecule is CCC[CH2][Sn](/[CH]=C/C(C)(O)CCCCCCCCCOC(=O)c1ccccc1I)([CH2]CCC)[CH2]CCC. The summed E-state index contributed by atoms with van der Waals surface area (Å²) < 4.78 is 13.4. The van der Waals surface area contributed by atoms with Gasteiger partial charge in [-0.2, -0.15) is 0 Å². The molecule has 212 valence electrons. The van der Waals surface area contributed by atoms with Gasteiger partial charge in [-0.25, -0.2) is 4.79 Å². The molecule has 0 aliphatic heterocycles. The number of aliphatic hydroxyl groups is 1. The topological polar surface area (TPSA) is 46.5 Å². The van der Waals surface area contributed by atoms with Crippen LogP contribution in [0.1, 0.15) is 128 Å². The second kappa shape index (κ2) is 20.8. The van der Waals surface area contributed by atoms with Crippen molar-refractivity contribution in [3.8, 4) is 0 Å². The van der Waals surface area contributed by atoms with Gasteiger partial charge in [-0.15, -0.1) is 0 Å². The molecule has 1 rings (SSSR count). The van der Waals surface area contributed by atoms with Crippen molar-refractivity contribution in [3.63, 3.8) is 0 Å². The van der Waals surface area contributed by atoms with Crippen LogP contribution in [0.3, 0.4) is 0 Å². The zero-order valence-electron chi connectivity index (χ0n) is 24.3. The Kier molecular flexibility index (Phi) is 19.6. The number of benzene rings is 1. The van der Waals surface area contributed by atoms with Crippen molar-refractivity contribution < 1.29 is 14.6 Å². The summed E-state index contributed by atoms with van der Waals surface area (Å²) in [4.78, 5) is 12.1. The normalized spacial score (nSPS) is 13.7. The van der Waals surface area contributed by atoms with Gasteiger partial charge in [-0.3, -0.25) is 0 Å². The minimum absolute atomic E-state index is 0.214. The predicted molar refractivity (Wildman–Crippen MR) is 171 cm³/mol. The summed E-state index contributed by atoms with van der Waals surface area (Å²) in [6, 6.07) is 7.55. The number of halogens is 1. The van der Waals surface area contributed by atoms with Crippen LogP contribution in [0, 0.1) is 3.57 Å². The van der Waals surface area contributed by atoms with Crippen molar-refractivity contribution in [1.82, 2.24) is 0 Å². The van der Waals surface area contributed by atoms with Gasteiger partial charge < -0.3 is 4.74 Å². The van der Waals surface area contributed by atoms with Gasteiger partial charge in [0.05, 0.1) is 5.56 Å². The number of ether oxygens (including phenoxy) is 1. The van der Waals surface area contributed by atoms with Crippen LogP contribution in [0.5, 0.6) is 0 Å². The predicted octanol–water partition coefficient (Wildman–Crippen LogP) is 10.3. The van der Waals surface area contributed by atoms with E-state index in [4.69, 9.17) is 4.74 Å². The van der Waals surface area contributed by atoms with Crippen LogP contribution in [-0.4, -0.2) is 41.7 Å². The molecule has 37 heavy (non-hydrogen) atoms. The summed E-state index contributed by atoms with van der Waals surface area (Å²) in [6.07, 6.45) is 19.0. The summed E-state index contributed by atoms with van der Waals surface area (Å²) in [5.74, 6) is -0.214. The molecule has 0 aromatic heterocycles. The molecule has 5 heteroatoms. The monoisotopic (exact) mass is 734 g/mol. The van der Waals surface area contributed by atoms with Gasteiger partial charge in [0.1, 0.15) is 0 Å². The molecule has 0 bridgehead atoms. The summed E-state index contributed by atoms with van der Waals surface area (Å²) in [5, 5.41) is 11.1. The van der Waals surface area contributed by atoms with E-state index in [0.29, 0.717) is 12.2 Å². The Bertz CT molecular complexity index is 740. The molecule has 1 N–H and O–H groups in total. The number of rotatable bonds is 22. The molecule has 1 atom stereocenters. The molecule has 1 aromatic carbocycles. The van der Waals surface area contributed by atoms with E-state index in [1.165, 1.54) is 77.5 Å². The standard InChI is InChI=1S/C20H28IO3.3C4H9.Sn/c1-3-20(2,23)15-11-7-5-4-6-8-12-16-24-19(22)17-13-9-10-14-18(17)21;3*1-3-4-2;/h1,3,9-10,13-14,23H,4-8,11-12,15-16H2,2H3;3*1,3-4H2,2H3;. The number of carbonyl (C=O) groups excluding carboxylic acids is 1. The third-order valence-corrected chi connectivity index (χ3v) is 22.5. The van der Waals surface area contributed by atoms with Crippen molar-refractivity contribution in [1.29, 1.82) is 0 Å². The van der Waals surface area contributed by atoms with Crippen molar-refractivity contribution in [3.05, 3.63) is 43.6 Å². The van der Waals surface area contributed by atoms with Gasteiger partial charge >= 0.3 is 183 Å². The number of carbonyl (C=O) groups is 1. The van der Waals surface area contributed by atoms with E-state index in [0.717, 1.165) is 29.3 Å². The maximum atomic E-state index is 12.1. The molecule has 0 aliphatic carbocycles. The van der Waals surface area contributed by atoms with E-state index in [9.17, 15) is 9.90 Å². The van der Waals surface area contributed by atoms with Crippen molar-refractivity contribution >= 4 is 46.9 Å². The first-order valence-corrected chi connectivity index (χ1v) is 23.9. The number of esters is 1. The fourth-order valence-electron chi connectivity index (χ4n) is 4.99. The van der Waals surface area contributed by atoms with Gasteiger partial charge in [0, 0.05) is 3.57 Å². The fraction of sp³-hybridized carbons (Fsp3) is 0.719. The van der Waals surface area contributed by atoms with E-state index in [-0.39, 0.29) is 5.97 Å². The van der Waals surface area contributed by atoms with Crippen molar-refractivity contribution in [2.75, 3.05) is 6.61 Å². The average Bonchev–Trinajstić information content (AvgIpc) is 2.89. The molecule has 1 unspecified atom stereocenters. The van der Waals surface area contributed by atoms with Crippen LogP contribution in [0.15, 0.2) is 34.4 Å². The average molecular weight is 733 g/mol. The molecule has 0 amide bonds. The van der Waals surface area contributed by atoms with Gasteiger partial charge in [0.25, 0.3) is 0 Å². The van der Waals surface area contributed by atoms with Crippen LogP contribution >= 0.6 is 22.6 Å². The van der Waals surface area contributed by atoms with E-state index in [2.05, 4.69) is 53.5 Å². The second-order valence-electron chi connectivity index (χ2n) is 11.2. The Labute approximate surface area is 246 Å². The number of hydrogen-bond acceptors (Lipinski definition) is 3. The molecule has 0 radical (unpaired) electrons. The Morgan fingerprint density at radius 2 is 1.38 bits per heavy atom. The summed E-state index contributed by atoms with van der Waals surface area (Å²) in [7, 11) is 0. The van der Waals surface area contributed by atoms with E-state index < -0.39 is 24.0 Å². The quantitative estimate of drug-likeness (QED) is 0.0559. The zero-order valence-corrected chi connectivity index (χ0v) is 29.3. The van der Waals surface area contributed by atoms with E-state index >= 15 is 0 Å². The second-order valence-corrected chi connectivity index (χ2v) is 25.4. The molecule has 0 aliphatic rings. The van der Waals surface area contributed by atoms with Gasteiger partial charge in [-0.1, -0.05) is 12.1 Å². The van der Waals surface area contributed by atoms with Crippen LogP contribution < -0.4 is 0 Å². The van der Waals surface area contributed by atoms with Gasteiger partial charge in [-0.05, 0) is 34.7 Å². The van der Waals surface area contributed by atoms with Crippen molar-refractivity contribution in [2.24, 2.45) is 0 Å². The first-order valence-electron chi connectivity index (χ1n) is 15.1. The fourth-order valence-corrected chi connectivity index (χ4v) is 20.3. The molecule has 0 fully saturated rings. The molecular weight excluding hydrogens is 678 g/mol. The first kappa shape index (κ1) is 34.9. The number of unbranched alkanes of at least 4 members (excludes halogenated alkanes) is 9. The molecule has 1 aromatic rings. The maximum absolute atomic E-state index is 12.1. The Morgan fingerprint density at radius 1 is 0.865 bits per heavy atom. The first-order chi connectivity index (χ1) is 17.8. The molecule has 0 spiro atoms. The van der Waals surface area contributed by atoms with Crippen LogP contribution in [0.4, 0.5) is 0 Å². The third kappa shape index (κ3) is 15.9. The van der Waals surface area contributed by atoms with Gasteiger partial charge in [0.15, 0.2) is 0 Å². The zero-order chi connectivity index (χ0) is 27.4. The molecular formula is C32H55IO3Sn. The summed E-state index contributed by atoms with van der Waals surface area (Å²) in [6.45, 7) is 9.48. The minimum atomic E-state index is -2.32. The summed E-state index contributed by atoms with van der Waals surface area (Å²) in [5.41, 5.74) is -0.00119. The molecule has 0 saturated carbocycles. The van der Waals surface area contributed by atoms with Crippen LogP contribution in [0.2, 0.25) is 13.3 Å². The number of hydrogen-bond donors (Lipinski definition) is 1.